The van der Waals surface area contributed by atoms with E-state index in [2.05, 4.69) is 5.32 Å². The predicted molar refractivity (Wildman–Crippen MR) is 70.0 cm³/mol. The fourth-order valence-corrected chi connectivity index (χ4v) is 2.60. The average Bonchev–Trinajstić information content (AvgIpc) is 2.78. The molecule has 0 atom stereocenters. The zero-order valence-electron chi connectivity index (χ0n) is 9.86. The smallest absolute Gasteiger partial charge is 0.292 e. The first-order valence-corrected chi connectivity index (χ1v) is 6.27. The van der Waals surface area contributed by atoms with Crippen LogP contribution in [0.5, 0.6) is 0 Å². The van der Waals surface area contributed by atoms with Gasteiger partial charge in [-0.25, -0.2) is 0 Å². The molecular weight excluding hydrogens is 256 g/mol. The van der Waals surface area contributed by atoms with Gasteiger partial charge in [-0.15, -0.1) is 0 Å². The number of nitro benzene ring substituents is 1. The van der Waals surface area contributed by atoms with Crippen LogP contribution in [-0.4, -0.2) is 22.2 Å². The number of hydrogen-bond acceptors (Lipinski definition) is 4. The van der Waals surface area contributed by atoms with E-state index in [9.17, 15) is 15.2 Å². The molecule has 2 rings (SSSR count). The van der Waals surface area contributed by atoms with E-state index in [-0.39, 0.29) is 12.3 Å². The van der Waals surface area contributed by atoms with Gasteiger partial charge in [-0.05, 0) is 25.0 Å². The van der Waals surface area contributed by atoms with Gasteiger partial charge < -0.3 is 10.4 Å². The highest BCUT2D eigenvalue weighted by molar-refractivity contribution is 6.31. The highest BCUT2D eigenvalue weighted by atomic mass is 35.5. The molecule has 0 amide bonds. The molecule has 18 heavy (non-hydrogen) atoms. The zero-order valence-corrected chi connectivity index (χ0v) is 10.6. The fourth-order valence-electron chi connectivity index (χ4n) is 2.43. The van der Waals surface area contributed by atoms with Crippen molar-refractivity contribution in [3.63, 3.8) is 0 Å². The SMILES string of the molecule is O=[N+]([O-])c1ccc(Cl)cc1NC1(CO)CCCC1. The molecule has 98 valence electrons. The summed E-state index contributed by atoms with van der Waals surface area (Å²) in [6, 6.07) is 4.41. The van der Waals surface area contributed by atoms with Gasteiger partial charge in [0, 0.05) is 11.1 Å². The van der Waals surface area contributed by atoms with Gasteiger partial charge in [0.15, 0.2) is 0 Å². The standard InChI is InChI=1S/C12H15ClN2O3/c13-9-3-4-11(15(17)18)10(7-9)14-12(8-16)5-1-2-6-12/h3-4,7,14,16H,1-2,5-6,8H2. The Labute approximate surface area is 110 Å². The molecule has 0 bridgehead atoms. The second-order valence-corrected chi connectivity index (χ2v) is 5.13. The third kappa shape index (κ3) is 2.57. The summed E-state index contributed by atoms with van der Waals surface area (Å²) in [5, 5.41) is 24.0. The maximum absolute atomic E-state index is 11.0. The van der Waals surface area contributed by atoms with E-state index in [4.69, 9.17) is 11.6 Å². The van der Waals surface area contributed by atoms with E-state index < -0.39 is 10.5 Å². The van der Waals surface area contributed by atoms with Gasteiger partial charge in [0.2, 0.25) is 0 Å². The van der Waals surface area contributed by atoms with Crippen LogP contribution in [0.4, 0.5) is 11.4 Å². The van der Waals surface area contributed by atoms with Crippen molar-refractivity contribution in [1.29, 1.82) is 0 Å². The Balaban J connectivity index is 2.32. The molecule has 6 heteroatoms. The summed E-state index contributed by atoms with van der Waals surface area (Å²) in [4.78, 5) is 10.5. The molecular formula is C12H15ClN2O3. The lowest BCUT2D eigenvalue weighted by molar-refractivity contribution is -0.384. The van der Waals surface area contributed by atoms with Crippen molar-refractivity contribution in [1.82, 2.24) is 0 Å². The summed E-state index contributed by atoms with van der Waals surface area (Å²) in [6.45, 7) is -0.0311. The number of hydrogen-bond donors (Lipinski definition) is 2. The zero-order chi connectivity index (χ0) is 13.2. The van der Waals surface area contributed by atoms with Crippen LogP contribution >= 0.6 is 11.6 Å². The molecule has 1 fully saturated rings. The van der Waals surface area contributed by atoms with Gasteiger partial charge in [-0.3, -0.25) is 10.1 Å². The molecule has 0 heterocycles. The highest BCUT2D eigenvalue weighted by Crippen LogP contribution is 2.36. The molecule has 1 aromatic rings. The summed E-state index contributed by atoms with van der Waals surface area (Å²) in [7, 11) is 0. The number of nitrogens with zero attached hydrogens (tertiary/aromatic N) is 1. The van der Waals surface area contributed by atoms with Crippen molar-refractivity contribution in [2.45, 2.75) is 31.2 Å². The predicted octanol–water partition coefficient (Wildman–Crippen LogP) is 2.97. The van der Waals surface area contributed by atoms with Crippen LogP contribution in [0.25, 0.3) is 0 Å². The van der Waals surface area contributed by atoms with E-state index in [1.165, 1.54) is 18.2 Å². The van der Waals surface area contributed by atoms with Crippen LogP contribution in [0.2, 0.25) is 5.02 Å². The van der Waals surface area contributed by atoms with E-state index in [1.807, 2.05) is 0 Å². The Morgan fingerprint density at radius 1 is 1.44 bits per heavy atom. The number of benzene rings is 1. The molecule has 0 saturated heterocycles. The Hall–Kier alpha value is -1.33. The van der Waals surface area contributed by atoms with Gasteiger partial charge in [-0.1, -0.05) is 24.4 Å². The Bertz CT molecular complexity index is 459. The van der Waals surface area contributed by atoms with Crippen LogP contribution in [0.3, 0.4) is 0 Å². The number of nitrogens with one attached hydrogen (secondary N) is 1. The highest BCUT2D eigenvalue weighted by Gasteiger charge is 2.34. The van der Waals surface area contributed by atoms with Gasteiger partial charge in [0.25, 0.3) is 5.69 Å². The molecule has 1 saturated carbocycles. The first-order valence-electron chi connectivity index (χ1n) is 5.89. The quantitative estimate of drug-likeness (QED) is 0.651. The van der Waals surface area contributed by atoms with Crippen molar-refractivity contribution >= 4 is 23.0 Å². The first kappa shape index (κ1) is 13.1. The van der Waals surface area contributed by atoms with Crippen molar-refractivity contribution in [3.05, 3.63) is 33.3 Å². The molecule has 0 aromatic heterocycles. The van der Waals surface area contributed by atoms with Gasteiger partial charge in [0.1, 0.15) is 5.69 Å². The Morgan fingerprint density at radius 2 is 2.11 bits per heavy atom. The summed E-state index contributed by atoms with van der Waals surface area (Å²) in [5.41, 5.74) is -0.0855. The average molecular weight is 271 g/mol. The minimum Gasteiger partial charge on any atom is -0.394 e. The fraction of sp³-hybridized carbons (Fsp3) is 0.500. The lowest BCUT2D eigenvalue weighted by atomic mass is 9.98. The number of nitro groups is 1. The van der Waals surface area contributed by atoms with Crippen molar-refractivity contribution in [2.24, 2.45) is 0 Å². The monoisotopic (exact) mass is 270 g/mol. The second-order valence-electron chi connectivity index (χ2n) is 4.69. The molecule has 1 aliphatic rings. The summed E-state index contributed by atoms with van der Waals surface area (Å²) >= 11 is 5.87. The van der Waals surface area contributed by atoms with E-state index in [0.717, 1.165) is 25.7 Å². The molecule has 0 spiro atoms. The van der Waals surface area contributed by atoms with Gasteiger partial charge >= 0.3 is 0 Å². The molecule has 0 unspecified atom stereocenters. The first-order chi connectivity index (χ1) is 8.56. The Morgan fingerprint density at radius 3 is 2.67 bits per heavy atom. The summed E-state index contributed by atoms with van der Waals surface area (Å²) < 4.78 is 0. The summed E-state index contributed by atoms with van der Waals surface area (Å²) in [5.74, 6) is 0. The van der Waals surface area contributed by atoms with Gasteiger partial charge in [0.05, 0.1) is 17.1 Å². The normalized spacial score (nSPS) is 17.7. The van der Waals surface area contributed by atoms with Crippen molar-refractivity contribution < 1.29 is 10.0 Å². The minimum absolute atomic E-state index is 0.0147. The minimum atomic E-state index is -0.449. The molecule has 2 N–H and O–H groups in total. The van der Waals surface area contributed by atoms with Crippen LogP contribution in [0.1, 0.15) is 25.7 Å². The molecule has 5 nitrogen and oxygen atoms in total. The largest absolute Gasteiger partial charge is 0.394 e. The molecule has 1 aromatic carbocycles. The van der Waals surface area contributed by atoms with E-state index >= 15 is 0 Å². The van der Waals surface area contributed by atoms with Crippen LogP contribution in [0.15, 0.2) is 18.2 Å². The summed E-state index contributed by atoms with van der Waals surface area (Å²) in [6.07, 6.45) is 3.66. The van der Waals surface area contributed by atoms with E-state index in [1.54, 1.807) is 0 Å². The number of aliphatic hydroxyl groups excluding tert-OH is 1. The van der Waals surface area contributed by atoms with E-state index in [0.29, 0.717) is 10.7 Å². The van der Waals surface area contributed by atoms with Crippen LogP contribution < -0.4 is 5.32 Å². The molecule has 0 aliphatic heterocycles. The maximum Gasteiger partial charge on any atom is 0.292 e. The topological polar surface area (TPSA) is 75.4 Å². The molecule has 1 aliphatic carbocycles. The third-order valence-corrected chi connectivity index (χ3v) is 3.65. The Kier molecular flexibility index (Phi) is 3.73. The van der Waals surface area contributed by atoms with Crippen molar-refractivity contribution in [2.75, 3.05) is 11.9 Å². The van der Waals surface area contributed by atoms with Gasteiger partial charge in [-0.2, -0.15) is 0 Å². The second kappa shape index (κ2) is 5.12. The van der Waals surface area contributed by atoms with Crippen LogP contribution in [-0.2, 0) is 0 Å². The lowest BCUT2D eigenvalue weighted by Gasteiger charge is -2.29. The number of anilines is 1. The number of halogens is 1. The van der Waals surface area contributed by atoms with Crippen LogP contribution in [0, 0.1) is 10.1 Å². The maximum atomic E-state index is 11.0. The third-order valence-electron chi connectivity index (χ3n) is 3.42. The number of aliphatic hydroxyl groups is 1. The van der Waals surface area contributed by atoms with Crippen molar-refractivity contribution in [3.8, 4) is 0 Å². The number of rotatable bonds is 4. The lowest BCUT2D eigenvalue weighted by Crippen LogP contribution is -2.39. The molecule has 0 radical (unpaired) electrons.